The van der Waals surface area contributed by atoms with Gasteiger partial charge in [0.15, 0.2) is 0 Å². The highest BCUT2D eigenvalue weighted by Gasteiger charge is 2.06. The molecule has 0 saturated heterocycles. The van der Waals surface area contributed by atoms with Crippen molar-refractivity contribution in [2.24, 2.45) is 5.73 Å². The topological polar surface area (TPSA) is 35.2 Å². The Labute approximate surface area is 117 Å². The average molecular weight is 280 g/mol. The summed E-state index contributed by atoms with van der Waals surface area (Å²) in [5.74, 6) is 0.635. The molecule has 19 heavy (non-hydrogen) atoms. The number of halogens is 2. The molecule has 4 heteroatoms. The van der Waals surface area contributed by atoms with Crippen LogP contribution in [-0.2, 0) is 6.42 Å². The van der Waals surface area contributed by atoms with Crippen LogP contribution in [0.2, 0.25) is 5.02 Å². The van der Waals surface area contributed by atoms with E-state index in [1.165, 1.54) is 6.07 Å². The van der Waals surface area contributed by atoms with Gasteiger partial charge in [-0.3, -0.25) is 0 Å². The molecule has 0 aliphatic heterocycles. The molecule has 100 valence electrons. The highest BCUT2D eigenvalue weighted by atomic mass is 35.5. The number of ether oxygens (including phenoxy) is 1. The molecule has 0 bridgehead atoms. The van der Waals surface area contributed by atoms with E-state index in [0.717, 1.165) is 12.0 Å². The van der Waals surface area contributed by atoms with Gasteiger partial charge in [0.2, 0.25) is 0 Å². The summed E-state index contributed by atoms with van der Waals surface area (Å²) in [6.45, 7) is 2.27. The van der Waals surface area contributed by atoms with E-state index in [1.807, 2.05) is 12.1 Å². The molecule has 2 aromatic rings. The lowest BCUT2D eigenvalue weighted by molar-refractivity contribution is 0.476. The number of hydrogen-bond donors (Lipinski definition) is 1. The number of benzene rings is 2. The molecule has 2 rings (SSSR count). The first-order valence-corrected chi connectivity index (χ1v) is 6.40. The van der Waals surface area contributed by atoms with Gasteiger partial charge >= 0.3 is 0 Å². The monoisotopic (exact) mass is 279 g/mol. The van der Waals surface area contributed by atoms with Crippen LogP contribution < -0.4 is 10.5 Å². The Kier molecular flexibility index (Phi) is 4.40. The molecule has 2 aromatic carbocycles. The molecular formula is C15H15ClFNO. The first-order valence-electron chi connectivity index (χ1n) is 6.02. The third-order valence-corrected chi connectivity index (χ3v) is 3.10. The van der Waals surface area contributed by atoms with Gasteiger partial charge in [-0.05, 0) is 49.2 Å². The molecule has 0 amide bonds. The molecule has 0 spiro atoms. The summed E-state index contributed by atoms with van der Waals surface area (Å²) in [7, 11) is 0. The largest absolute Gasteiger partial charge is 0.456 e. The van der Waals surface area contributed by atoms with E-state index in [4.69, 9.17) is 22.1 Å². The normalized spacial score (nSPS) is 10.5. The van der Waals surface area contributed by atoms with Gasteiger partial charge in [-0.1, -0.05) is 23.7 Å². The summed E-state index contributed by atoms with van der Waals surface area (Å²) >= 11 is 6.13. The quantitative estimate of drug-likeness (QED) is 0.915. The Hall–Kier alpha value is -1.58. The standard InChI is InChI=1S/C15H15ClFNO/c1-10-2-4-12(9-14(10)17)19-15-5-3-11(6-7-18)8-13(15)16/h2-5,8-9H,6-7,18H2,1H3. The second-order valence-electron chi connectivity index (χ2n) is 4.32. The second kappa shape index (κ2) is 6.04. The molecule has 0 heterocycles. The highest BCUT2D eigenvalue weighted by molar-refractivity contribution is 6.32. The molecule has 0 radical (unpaired) electrons. The van der Waals surface area contributed by atoms with E-state index in [2.05, 4.69) is 0 Å². The summed E-state index contributed by atoms with van der Waals surface area (Å²) in [4.78, 5) is 0. The maximum atomic E-state index is 13.4. The van der Waals surface area contributed by atoms with E-state index in [9.17, 15) is 4.39 Å². The van der Waals surface area contributed by atoms with Crippen molar-refractivity contribution < 1.29 is 9.13 Å². The van der Waals surface area contributed by atoms with Crippen LogP contribution in [-0.4, -0.2) is 6.54 Å². The first-order chi connectivity index (χ1) is 9.10. The van der Waals surface area contributed by atoms with Gasteiger partial charge in [0.05, 0.1) is 5.02 Å². The molecule has 0 aromatic heterocycles. The van der Waals surface area contributed by atoms with Crippen molar-refractivity contribution in [2.75, 3.05) is 6.54 Å². The van der Waals surface area contributed by atoms with E-state index < -0.39 is 0 Å². The lowest BCUT2D eigenvalue weighted by atomic mass is 10.1. The fraction of sp³-hybridized carbons (Fsp3) is 0.200. The third-order valence-electron chi connectivity index (χ3n) is 2.80. The van der Waals surface area contributed by atoms with Gasteiger partial charge in [-0.2, -0.15) is 0 Å². The van der Waals surface area contributed by atoms with Crippen molar-refractivity contribution in [1.82, 2.24) is 0 Å². The maximum Gasteiger partial charge on any atom is 0.146 e. The Morgan fingerprint density at radius 1 is 1.21 bits per heavy atom. The van der Waals surface area contributed by atoms with E-state index in [1.54, 1.807) is 25.1 Å². The summed E-state index contributed by atoms with van der Waals surface area (Å²) in [6.07, 6.45) is 0.763. The van der Waals surface area contributed by atoms with Crippen molar-refractivity contribution in [3.63, 3.8) is 0 Å². The minimum atomic E-state index is -0.298. The lowest BCUT2D eigenvalue weighted by Crippen LogP contribution is -2.02. The van der Waals surface area contributed by atoms with Gasteiger partial charge < -0.3 is 10.5 Å². The molecule has 0 atom stereocenters. The van der Waals surface area contributed by atoms with Crippen LogP contribution in [0.3, 0.4) is 0 Å². The minimum Gasteiger partial charge on any atom is -0.456 e. The smallest absolute Gasteiger partial charge is 0.146 e. The van der Waals surface area contributed by atoms with E-state index in [-0.39, 0.29) is 5.82 Å². The summed E-state index contributed by atoms with van der Waals surface area (Å²) in [5.41, 5.74) is 7.12. The number of hydrogen-bond acceptors (Lipinski definition) is 2. The first kappa shape index (κ1) is 13.8. The summed E-state index contributed by atoms with van der Waals surface area (Å²) in [5, 5.41) is 0.493. The van der Waals surface area contributed by atoms with Crippen molar-refractivity contribution in [1.29, 1.82) is 0 Å². The van der Waals surface area contributed by atoms with E-state index in [0.29, 0.717) is 28.6 Å². The fourth-order valence-electron chi connectivity index (χ4n) is 1.71. The second-order valence-corrected chi connectivity index (χ2v) is 4.72. The number of nitrogens with two attached hydrogens (primary N) is 1. The molecule has 0 aliphatic carbocycles. The molecular weight excluding hydrogens is 265 g/mol. The third kappa shape index (κ3) is 3.46. The van der Waals surface area contributed by atoms with Crippen LogP contribution >= 0.6 is 11.6 Å². The number of aryl methyl sites for hydroxylation is 1. The van der Waals surface area contributed by atoms with Crippen LogP contribution in [0.15, 0.2) is 36.4 Å². The van der Waals surface area contributed by atoms with Gasteiger partial charge in [0.1, 0.15) is 17.3 Å². The maximum absolute atomic E-state index is 13.4. The molecule has 2 N–H and O–H groups in total. The average Bonchev–Trinajstić information content (AvgIpc) is 2.37. The van der Waals surface area contributed by atoms with Crippen molar-refractivity contribution >= 4 is 11.6 Å². The van der Waals surface area contributed by atoms with Crippen LogP contribution in [0.4, 0.5) is 4.39 Å². The lowest BCUT2D eigenvalue weighted by Gasteiger charge is -2.09. The minimum absolute atomic E-state index is 0.298. The molecule has 0 fully saturated rings. The molecule has 0 unspecified atom stereocenters. The van der Waals surface area contributed by atoms with E-state index >= 15 is 0 Å². The number of rotatable bonds is 4. The van der Waals surface area contributed by atoms with Crippen molar-refractivity contribution in [3.05, 3.63) is 58.4 Å². The molecule has 2 nitrogen and oxygen atoms in total. The fourth-order valence-corrected chi connectivity index (χ4v) is 1.96. The van der Waals surface area contributed by atoms with Gasteiger partial charge in [0.25, 0.3) is 0 Å². The molecule has 0 aliphatic rings. The summed E-state index contributed by atoms with van der Waals surface area (Å²) in [6, 6.07) is 10.2. The predicted octanol–water partition coefficient (Wildman–Crippen LogP) is 4.08. The zero-order chi connectivity index (χ0) is 13.8. The zero-order valence-electron chi connectivity index (χ0n) is 10.6. The molecule has 0 saturated carbocycles. The van der Waals surface area contributed by atoms with Gasteiger partial charge in [-0.25, -0.2) is 4.39 Å². The predicted molar refractivity (Wildman–Crippen MR) is 75.4 cm³/mol. The van der Waals surface area contributed by atoms with Crippen molar-refractivity contribution in [2.45, 2.75) is 13.3 Å². The van der Waals surface area contributed by atoms with Crippen molar-refractivity contribution in [3.8, 4) is 11.5 Å². The highest BCUT2D eigenvalue weighted by Crippen LogP contribution is 2.30. The summed E-state index contributed by atoms with van der Waals surface area (Å²) < 4.78 is 19.0. The SMILES string of the molecule is Cc1ccc(Oc2ccc(CCN)cc2Cl)cc1F. The Bertz CT molecular complexity index is 586. The van der Waals surface area contributed by atoms with Gasteiger partial charge in [0, 0.05) is 6.07 Å². The Morgan fingerprint density at radius 3 is 2.63 bits per heavy atom. The Balaban J connectivity index is 2.20. The Morgan fingerprint density at radius 2 is 2.00 bits per heavy atom. The van der Waals surface area contributed by atoms with Crippen LogP contribution in [0.5, 0.6) is 11.5 Å². The van der Waals surface area contributed by atoms with Crippen LogP contribution in [0.25, 0.3) is 0 Å². The van der Waals surface area contributed by atoms with Crippen LogP contribution in [0.1, 0.15) is 11.1 Å². The zero-order valence-corrected chi connectivity index (χ0v) is 11.4. The van der Waals surface area contributed by atoms with Gasteiger partial charge in [-0.15, -0.1) is 0 Å². The van der Waals surface area contributed by atoms with Crippen LogP contribution in [0, 0.1) is 12.7 Å².